The molecule has 1 aliphatic heterocycles. The van der Waals surface area contributed by atoms with Crippen LogP contribution in [0.25, 0.3) is 11.3 Å². The van der Waals surface area contributed by atoms with E-state index < -0.39 is 11.6 Å². The number of amides is 1. The third kappa shape index (κ3) is 3.15. The molecule has 1 amide bonds. The molecule has 1 atom stereocenters. The summed E-state index contributed by atoms with van der Waals surface area (Å²) in [7, 11) is 1.75. The topological polar surface area (TPSA) is 71.8 Å². The fraction of sp³-hybridized carbons (Fsp3) is 0.333. The van der Waals surface area contributed by atoms with E-state index in [9.17, 15) is 19.1 Å². The zero-order chi connectivity index (χ0) is 18.2. The molecule has 2 heterocycles. The number of aliphatic carboxylic acids is 1. The first-order valence-electron chi connectivity index (χ1n) is 7.90. The molecule has 0 radical (unpaired) electrons. The highest BCUT2D eigenvalue weighted by atomic mass is 19.1. The molecule has 1 aromatic heterocycles. The van der Waals surface area contributed by atoms with Gasteiger partial charge in [-0.25, -0.2) is 9.18 Å². The van der Waals surface area contributed by atoms with Crippen LogP contribution in [0.15, 0.2) is 36.4 Å². The molecule has 1 unspecified atom stereocenters. The van der Waals surface area contributed by atoms with E-state index in [-0.39, 0.29) is 24.9 Å². The molecular formula is C18H19FN2O4. The highest BCUT2D eigenvalue weighted by molar-refractivity contribution is 5.94. The Morgan fingerprint density at radius 3 is 2.52 bits per heavy atom. The van der Waals surface area contributed by atoms with E-state index in [1.165, 1.54) is 24.0 Å². The lowest BCUT2D eigenvalue weighted by Crippen LogP contribution is -2.56. The second kappa shape index (κ2) is 6.33. The van der Waals surface area contributed by atoms with Crippen LogP contribution in [-0.2, 0) is 16.6 Å². The number of carboxylic acids is 1. The minimum Gasteiger partial charge on any atom is -0.479 e. The number of rotatable bonds is 3. The van der Waals surface area contributed by atoms with Gasteiger partial charge in [-0.05, 0) is 48.9 Å². The summed E-state index contributed by atoms with van der Waals surface area (Å²) in [5.41, 5.74) is 0.602. The monoisotopic (exact) mass is 346 g/mol. The van der Waals surface area contributed by atoms with Crippen LogP contribution in [0, 0.1) is 5.82 Å². The van der Waals surface area contributed by atoms with Crippen molar-refractivity contribution < 1.29 is 23.8 Å². The highest BCUT2D eigenvalue weighted by Gasteiger charge is 2.41. The molecule has 1 aliphatic rings. The lowest BCUT2D eigenvalue weighted by atomic mass is 10.0. The van der Waals surface area contributed by atoms with E-state index in [4.69, 9.17) is 4.74 Å². The van der Waals surface area contributed by atoms with E-state index in [0.717, 1.165) is 11.3 Å². The van der Waals surface area contributed by atoms with Crippen molar-refractivity contribution in [2.24, 2.45) is 7.05 Å². The zero-order valence-corrected chi connectivity index (χ0v) is 14.0. The Morgan fingerprint density at radius 2 is 1.88 bits per heavy atom. The van der Waals surface area contributed by atoms with Gasteiger partial charge >= 0.3 is 5.97 Å². The number of morpholine rings is 1. The van der Waals surface area contributed by atoms with Gasteiger partial charge in [-0.3, -0.25) is 4.79 Å². The Hall–Kier alpha value is -2.67. The van der Waals surface area contributed by atoms with Crippen LogP contribution < -0.4 is 0 Å². The summed E-state index contributed by atoms with van der Waals surface area (Å²) in [6, 6.07) is 9.50. The van der Waals surface area contributed by atoms with Crippen LogP contribution in [0.4, 0.5) is 4.39 Å². The van der Waals surface area contributed by atoms with Gasteiger partial charge in [-0.2, -0.15) is 0 Å². The summed E-state index contributed by atoms with van der Waals surface area (Å²) >= 11 is 0. The first-order chi connectivity index (χ1) is 11.8. The van der Waals surface area contributed by atoms with Gasteiger partial charge in [0.1, 0.15) is 11.5 Å². The van der Waals surface area contributed by atoms with E-state index in [1.807, 2.05) is 0 Å². The van der Waals surface area contributed by atoms with Gasteiger partial charge in [-0.1, -0.05) is 0 Å². The van der Waals surface area contributed by atoms with E-state index in [1.54, 1.807) is 35.9 Å². The molecule has 1 N–H and O–H groups in total. The van der Waals surface area contributed by atoms with Crippen LogP contribution in [-0.4, -0.2) is 51.7 Å². The average molecular weight is 346 g/mol. The fourth-order valence-electron chi connectivity index (χ4n) is 2.97. The van der Waals surface area contributed by atoms with Crippen molar-refractivity contribution in [2.45, 2.75) is 12.5 Å². The molecule has 1 fully saturated rings. The smallest absolute Gasteiger partial charge is 0.337 e. The van der Waals surface area contributed by atoms with Crippen LogP contribution in [0.1, 0.15) is 17.4 Å². The number of ether oxygens (including phenoxy) is 1. The molecular weight excluding hydrogens is 327 g/mol. The molecule has 25 heavy (non-hydrogen) atoms. The summed E-state index contributed by atoms with van der Waals surface area (Å²) in [6.45, 7) is 1.95. The van der Waals surface area contributed by atoms with Crippen molar-refractivity contribution in [2.75, 3.05) is 19.7 Å². The molecule has 2 aromatic rings. The van der Waals surface area contributed by atoms with Crippen molar-refractivity contribution >= 4 is 11.9 Å². The normalized spacial score (nSPS) is 20.5. The van der Waals surface area contributed by atoms with Crippen LogP contribution in [0.2, 0.25) is 0 Å². The van der Waals surface area contributed by atoms with Crippen molar-refractivity contribution in [3.05, 3.63) is 47.9 Å². The molecule has 7 heteroatoms. The van der Waals surface area contributed by atoms with Crippen LogP contribution >= 0.6 is 0 Å². The third-order valence-electron chi connectivity index (χ3n) is 4.49. The molecule has 3 rings (SSSR count). The predicted octanol–water partition coefficient (Wildman–Crippen LogP) is 2.15. The number of halogens is 1. The molecule has 0 aliphatic carbocycles. The Bertz CT molecular complexity index is 815. The zero-order valence-electron chi connectivity index (χ0n) is 14.0. The van der Waals surface area contributed by atoms with Gasteiger partial charge < -0.3 is 19.3 Å². The summed E-state index contributed by atoms with van der Waals surface area (Å²) in [6.07, 6.45) is 0. The molecule has 132 valence electrons. The third-order valence-corrected chi connectivity index (χ3v) is 4.49. The Morgan fingerprint density at radius 1 is 1.20 bits per heavy atom. The van der Waals surface area contributed by atoms with Gasteiger partial charge in [0.15, 0.2) is 5.60 Å². The maximum absolute atomic E-state index is 13.1. The number of carbonyl (C=O) groups is 2. The van der Waals surface area contributed by atoms with Crippen molar-refractivity contribution in [3.8, 4) is 11.3 Å². The second-order valence-electron chi connectivity index (χ2n) is 6.28. The molecule has 6 nitrogen and oxygen atoms in total. The SMILES string of the molecule is Cn1c(C(=O)N2CCOC(C)(C(=O)O)C2)ccc1-c1ccc(F)cc1. The van der Waals surface area contributed by atoms with Crippen LogP contribution in [0.3, 0.4) is 0 Å². The van der Waals surface area contributed by atoms with E-state index >= 15 is 0 Å². The molecule has 1 aromatic carbocycles. The largest absolute Gasteiger partial charge is 0.479 e. The first kappa shape index (κ1) is 17.2. The number of carboxylic acid groups (broad SMARTS) is 1. The maximum atomic E-state index is 13.1. The van der Waals surface area contributed by atoms with Crippen molar-refractivity contribution in [3.63, 3.8) is 0 Å². The lowest BCUT2D eigenvalue weighted by molar-refractivity contribution is -0.171. The number of hydrogen-bond acceptors (Lipinski definition) is 3. The number of hydrogen-bond donors (Lipinski definition) is 1. The first-order valence-corrected chi connectivity index (χ1v) is 7.90. The summed E-state index contributed by atoms with van der Waals surface area (Å²) in [5, 5.41) is 9.30. The molecule has 0 saturated carbocycles. The highest BCUT2D eigenvalue weighted by Crippen LogP contribution is 2.24. The van der Waals surface area contributed by atoms with Crippen LogP contribution in [0.5, 0.6) is 0 Å². The minimum absolute atomic E-state index is 0.0156. The average Bonchev–Trinajstić information content (AvgIpc) is 2.96. The van der Waals surface area contributed by atoms with Gasteiger partial charge in [0, 0.05) is 19.3 Å². The molecule has 0 bridgehead atoms. The molecule has 1 saturated heterocycles. The summed E-state index contributed by atoms with van der Waals surface area (Å²) in [5.74, 6) is -1.67. The fourth-order valence-corrected chi connectivity index (χ4v) is 2.97. The van der Waals surface area contributed by atoms with Crippen molar-refractivity contribution in [1.29, 1.82) is 0 Å². The van der Waals surface area contributed by atoms with E-state index in [0.29, 0.717) is 12.2 Å². The number of carbonyl (C=O) groups excluding carboxylic acids is 1. The summed E-state index contributed by atoms with van der Waals surface area (Å²) < 4.78 is 20.1. The Balaban J connectivity index is 1.86. The second-order valence-corrected chi connectivity index (χ2v) is 6.28. The van der Waals surface area contributed by atoms with Gasteiger partial charge in [0.2, 0.25) is 0 Å². The molecule has 0 spiro atoms. The predicted molar refractivity (Wildman–Crippen MR) is 88.7 cm³/mol. The maximum Gasteiger partial charge on any atom is 0.337 e. The minimum atomic E-state index is -1.40. The van der Waals surface area contributed by atoms with E-state index in [2.05, 4.69) is 0 Å². The number of benzene rings is 1. The number of aromatic nitrogens is 1. The quantitative estimate of drug-likeness (QED) is 0.924. The Labute approximate surface area is 144 Å². The van der Waals surface area contributed by atoms with Crippen molar-refractivity contribution in [1.82, 2.24) is 9.47 Å². The lowest BCUT2D eigenvalue weighted by Gasteiger charge is -2.37. The summed E-state index contributed by atoms with van der Waals surface area (Å²) in [4.78, 5) is 25.7. The van der Waals surface area contributed by atoms with Gasteiger partial charge in [-0.15, -0.1) is 0 Å². The number of nitrogens with zero attached hydrogens (tertiary/aromatic N) is 2. The van der Waals surface area contributed by atoms with Gasteiger partial charge in [0.05, 0.1) is 13.2 Å². The standard InChI is InChI=1S/C18H19FN2O4/c1-18(17(23)24)11-21(9-10-25-18)16(22)15-8-7-14(20(15)2)12-3-5-13(19)6-4-12/h3-8H,9-11H2,1-2H3,(H,23,24). The Kier molecular flexibility index (Phi) is 4.34. The van der Waals surface area contributed by atoms with Gasteiger partial charge in [0.25, 0.3) is 5.91 Å².